The maximum Gasteiger partial charge on any atom is 0.0931 e. The Balaban J connectivity index is 2.64. The monoisotopic (exact) mass is 185 g/mol. The van der Waals surface area contributed by atoms with Crippen molar-refractivity contribution < 1.29 is 5.11 Å². The van der Waals surface area contributed by atoms with Crippen LogP contribution in [0.5, 0.6) is 0 Å². The average molecular weight is 185 g/mol. The first kappa shape index (κ1) is 9.68. The number of hydrogen-bond donors (Lipinski definition) is 1. The zero-order valence-corrected chi connectivity index (χ0v) is 8.56. The van der Waals surface area contributed by atoms with Crippen LogP contribution in [-0.4, -0.2) is 10.1 Å². The number of aliphatic hydroxyl groups excluding tert-OH is 1. The van der Waals surface area contributed by atoms with E-state index >= 15 is 0 Å². The van der Waals surface area contributed by atoms with E-state index in [2.05, 4.69) is 18.8 Å². The van der Waals surface area contributed by atoms with E-state index in [1.54, 1.807) is 24.5 Å². The van der Waals surface area contributed by atoms with Gasteiger partial charge in [-0.1, -0.05) is 13.8 Å². The fraction of sp³-hybridized carbons (Fsp3) is 0.667. The quantitative estimate of drug-likeness (QED) is 0.784. The zero-order valence-electron chi connectivity index (χ0n) is 7.74. The summed E-state index contributed by atoms with van der Waals surface area (Å²) in [5.41, 5.74) is 0. The van der Waals surface area contributed by atoms with Gasteiger partial charge in [0, 0.05) is 12.6 Å². The minimum absolute atomic E-state index is 0.372. The van der Waals surface area contributed by atoms with Crippen LogP contribution in [0, 0.1) is 5.92 Å². The highest BCUT2D eigenvalue weighted by Crippen LogP contribution is 2.21. The molecule has 1 atom stereocenters. The molecule has 0 saturated heterocycles. The van der Waals surface area contributed by atoms with Crippen molar-refractivity contribution in [3.63, 3.8) is 0 Å². The van der Waals surface area contributed by atoms with Gasteiger partial charge < -0.3 is 5.11 Å². The third kappa shape index (κ3) is 2.57. The molecule has 1 unspecified atom stereocenters. The van der Waals surface area contributed by atoms with Crippen molar-refractivity contribution >= 4 is 11.3 Å². The first-order valence-electron chi connectivity index (χ1n) is 4.22. The lowest BCUT2D eigenvalue weighted by molar-refractivity contribution is 0.203. The Hall–Kier alpha value is -0.410. The molecule has 1 aromatic heterocycles. The molecular weight excluding hydrogens is 170 g/mol. The first-order valence-corrected chi connectivity index (χ1v) is 5.04. The van der Waals surface area contributed by atoms with Crippen molar-refractivity contribution in [2.45, 2.75) is 33.3 Å². The van der Waals surface area contributed by atoms with Crippen LogP contribution >= 0.6 is 11.3 Å². The van der Waals surface area contributed by atoms with Crippen LogP contribution in [-0.2, 0) is 6.42 Å². The molecule has 1 heterocycles. The third-order valence-corrected chi connectivity index (χ3v) is 2.76. The van der Waals surface area contributed by atoms with Gasteiger partial charge in [0.25, 0.3) is 0 Å². The van der Waals surface area contributed by atoms with E-state index in [0.29, 0.717) is 5.92 Å². The van der Waals surface area contributed by atoms with Gasteiger partial charge in [0.1, 0.15) is 0 Å². The van der Waals surface area contributed by atoms with Gasteiger partial charge in [0.2, 0.25) is 0 Å². The number of hydrogen-bond acceptors (Lipinski definition) is 3. The van der Waals surface area contributed by atoms with Crippen molar-refractivity contribution in [3.05, 3.63) is 16.1 Å². The highest BCUT2D eigenvalue weighted by Gasteiger charge is 2.07. The van der Waals surface area contributed by atoms with Gasteiger partial charge in [-0.3, -0.25) is 0 Å². The lowest BCUT2D eigenvalue weighted by Crippen LogP contribution is -1.91. The van der Waals surface area contributed by atoms with E-state index in [1.165, 1.54) is 0 Å². The molecule has 0 bridgehead atoms. The predicted molar refractivity (Wildman–Crippen MR) is 51.3 cm³/mol. The van der Waals surface area contributed by atoms with Crippen molar-refractivity contribution in [1.82, 2.24) is 4.98 Å². The largest absolute Gasteiger partial charge is 0.388 e. The Morgan fingerprint density at radius 1 is 1.50 bits per heavy atom. The molecule has 0 aromatic carbocycles. The average Bonchev–Trinajstić information content (AvgIpc) is 2.34. The summed E-state index contributed by atoms with van der Waals surface area (Å²) in [5, 5.41) is 10.4. The maximum atomic E-state index is 9.24. The van der Waals surface area contributed by atoms with Crippen molar-refractivity contribution in [1.29, 1.82) is 0 Å². The highest BCUT2D eigenvalue weighted by atomic mass is 32.1. The summed E-state index contributed by atoms with van der Waals surface area (Å²) in [4.78, 5) is 5.20. The van der Waals surface area contributed by atoms with Crippen molar-refractivity contribution in [2.24, 2.45) is 5.92 Å². The van der Waals surface area contributed by atoms with Gasteiger partial charge in [0.15, 0.2) is 0 Å². The van der Waals surface area contributed by atoms with Crippen molar-refractivity contribution in [3.8, 4) is 0 Å². The minimum atomic E-state index is -0.372. The molecule has 0 fully saturated rings. The summed E-state index contributed by atoms with van der Waals surface area (Å²) in [7, 11) is 0. The number of aliphatic hydroxyl groups is 1. The van der Waals surface area contributed by atoms with E-state index in [0.717, 1.165) is 16.3 Å². The van der Waals surface area contributed by atoms with Crippen LogP contribution < -0.4 is 0 Å². The van der Waals surface area contributed by atoms with E-state index in [1.807, 2.05) is 0 Å². The summed E-state index contributed by atoms with van der Waals surface area (Å²) in [6.07, 6.45) is 2.41. The van der Waals surface area contributed by atoms with E-state index < -0.39 is 0 Å². The molecule has 0 spiro atoms. The summed E-state index contributed by atoms with van der Waals surface area (Å²) in [5.74, 6) is 0.637. The van der Waals surface area contributed by atoms with Crippen LogP contribution in [0.15, 0.2) is 6.20 Å². The second-order valence-corrected chi connectivity index (χ2v) is 4.58. The molecule has 0 aliphatic heterocycles. The molecule has 2 nitrogen and oxygen atoms in total. The van der Waals surface area contributed by atoms with Crippen molar-refractivity contribution in [2.75, 3.05) is 0 Å². The molecule has 0 aliphatic rings. The van der Waals surface area contributed by atoms with E-state index in [9.17, 15) is 5.11 Å². The van der Waals surface area contributed by atoms with Crippen LogP contribution in [0.4, 0.5) is 0 Å². The second-order valence-electron chi connectivity index (χ2n) is 3.43. The lowest BCUT2D eigenvalue weighted by atomic mass is 10.1. The Labute approximate surface area is 77.3 Å². The molecular formula is C9H15NOS. The second kappa shape index (κ2) is 4.01. The Morgan fingerprint density at radius 3 is 2.58 bits per heavy atom. The van der Waals surface area contributed by atoms with Gasteiger partial charge in [-0.05, 0) is 12.8 Å². The summed E-state index contributed by atoms with van der Waals surface area (Å²) in [6, 6.07) is 0. The first-order chi connectivity index (χ1) is 5.59. The van der Waals surface area contributed by atoms with Crippen LogP contribution in [0.25, 0.3) is 0 Å². The summed E-state index contributed by atoms with van der Waals surface area (Å²) in [6.45, 7) is 6.11. The Kier molecular flexibility index (Phi) is 3.23. The summed E-state index contributed by atoms with van der Waals surface area (Å²) >= 11 is 1.61. The number of aromatic nitrogens is 1. The standard InChI is InChI=1S/C9H15NOS/c1-6(2)4-9-10-5-8(12-9)7(3)11/h5-7,11H,4H2,1-3H3. The predicted octanol–water partition coefficient (Wildman–Crippen LogP) is 2.39. The molecule has 12 heavy (non-hydrogen) atoms. The van der Waals surface area contributed by atoms with E-state index in [-0.39, 0.29) is 6.10 Å². The molecule has 3 heteroatoms. The zero-order chi connectivity index (χ0) is 9.14. The maximum absolute atomic E-state index is 9.24. The Morgan fingerprint density at radius 2 is 2.17 bits per heavy atom. The van der Waals surface area contributed by atoms with Gasteiger partial charge in [-0.2, -0.15) is 0 Å². The number of nitrogens with zero attached hydrogens (tertiary/aromatic N) is 1. The normalized spacial score (nSPS) is 13.8. The smallest absolute Gasteiger partial charge is 0.0931 e. The molecule has 1 N–H and O–H groups in total. The molecule has 1 aromatic rings. The molecule has 68 valence electrons. The SMILES string of the molecule is CC(C)Cc1ncc(C(C)O)s1. The summed E-state index contributed by atoms with van der Waals surface area (Å²) < 4.78 is 0. The molecule has 1 rings (SSSR count). The topological polar surface area (TPSA) is 33.1 Å². The Bertz CT molecular complexity index is 242. The third-order valence-electron chi connectivity index (χ3n) is 1.57. The minimum Gasteiger partial charge on any atom is -0.388 e. The molecule has 0 amide bonds. The highest BCUT2D eigenvalue weighted by molar-refractivity contribution is 7.11. The molecule has 0 radical (unpaired) electrons. The molecule has 0 aliphatic carbocycles. The number of rotatable bonds is 3. The molecule has 0 saturated carbocycles. The van der Waals surface area contributed by atoms with Crippen LogP contribution in [0.2, 0.25) is 0 Å². The van der Waals surface area contributed by atoms with E-state index in [4.69, 9.17) is 0 Å². The fourth-order valence-corrected chi connectivity index (χ4v) is 2.03. The van der Waals surface area contributed by atoms with Gasteiger partial charge in [-0.15, -0.1) is 11.3 Å². The van der Waals surface area contributed by atoms with Crippen LogP contribution in [0.1, 0.15) is 36.8 Å². The van der Waals surface area contributed by atoms with Gasteiger partial charge in [0.05, 0.1) is 16.0 Å². The van der Waals surface area contributed by atoms with Gasteiger partial charge in [-0.25, -0.2) is 4.98 Å². The van der Waals surface area contributed by atoms with Gasteiger partial charge >= 0.3 is 0 Å². The number of thiazole rings is 1. The fourth-order valence-electron chi connectivity index (χ4n) is 0.961. The lowest BCUT2D eigenvalue weighted by Gasteiger charge is -1.99. The van der Waals surface area contributed by atoms with Crippen LogP contribution in [0.3, 0.4) is 0 Å².